The Labute approximate surface area is 120 Å². The highest BCUT2D eigenvalue weighted by Gasteiger charge is 2.42. The Kier molecular flexibility index (Phi) is 4.11. The van der Waals surface area contributed by atoms with Gasteiger partial charge in [-0.15, -0.1) is 0 Å². The lowest BCUT2D eigenvalue weighted by Gasteiger charge is -2.11. The lowest BCUT2D eigenvalue weighted by Crippen LogP contribution is -2.23. The van der Waals surface area contributed by atoms with E-state index in [9.17, 15) is 8.42 Å². The quantitative estimate of drug-likeness (QED) is 0.629. The summed E-state index contributed by atoms with van der Waals surface area (Å²) < 4.78 is 26.1. The van der Waals surface area contributed by atoms with E-state index in [4.69, 9.17) is 39.1 Å². The first-order valence-electron chi connectivity index (χ1n) is 5.07. The van der Waals surface area contributed by atoms with Gasteiger partial charge < -0.3 is 0 Å². The lowest BCUT2D eigenvalue weighted by atomic mass is 10.2. The largest absolute Gasteiger partial charge is 0.287 e. The minimum atomic E-state index is -3.89. The van der Waals surface area contributed by atoms with Crippen LogP contribution in [-0.2, 0) is 14.4 Å². The average molecular weight is 331 g/mol. The molecule has 1 saturated heterocycles. The molecule has 1 fully saturated rings. The predicted molar refractivity (Wildman–Crippen MR) is 71.1 cm³/mol. The topological polar surface area (TPSA) is 46.4 Å². The highest BCUT2D eigenvalue weighted by molar-refractivity contribution is 7.87. The van der Waals surface area contributed by atoms with Crippen molar-refractivity contribution < 1.29 is 12.7 Å². The Balaban J connectivity index is 1.94. The zero-order chi connectivity index (χ0) is 13.4. The highest BCUT2D eigenvalue weighted by atomic mass is 35.6. The van der Waals surface area contributed by atoms with Crippen LogP contribution in [-0.4, -0.2) is 29.6 Å². The first kappa shape index (κ1) is 14.4. The molecular weight excluding hydrogens is 321 g/mol. The van der Waals surface area contributed by atoms with Crippen molar-refractivity contribution in [1.29, 1.82) is 0 Å². The first-order valence-corrected chi connectivity index (χ1v) is 7.79. The SMILES string of the molecule is O=S(=O)(CC(Cl)(Cl)Cl)ON1CC1c1ccccc1. The van der Waals surface area contributed by atoms with Crippen molar-refractivity contribution >= 4 is 44.9 Å². The van der Waals surface area contributed by atoms with Gasteiger partial charge in [0.15, 0.2) is 0 Å². The van der Waals surface area contributed by atoms with Crippen LogP contribution in [0.15, 0.2) is 30.3 Å². The van der Waals surface area contributed by atoms with E-state index in [1.54, 1.807) is 0 Å². The van der Waals surface area contributed by atoms with Crippen LogP contribution in [0.25, 0.3) is 0 Å². The molecule has 1 aliphatic rings. The standard InChI is InChI=1S/C10H10Cl3NO3S/c11-10(12,13)7-18(15,16)17-14-6-9(14)8-4-2-1-3-5-8/h1-5,9H,6-7H2. The van der Waals surface area contributed by atoms with E-state index in [0.717, 1.165) is 5.56 Å². The van der Waals surface area contributed by atoms with E-state index in [-0.39, 0.29) is 6.04 Å². The van der Waals surface area contributed by atoms with Gasteiger partial charge in [0.1, 0.15) is 5.75 Å². The molecule has 1 aromatic carbocycles. The Morgan fingerprint density at radius 1 is 1.28 bits per heavy atom. The van der Waals surface area contributed by atoms with E-state index in [2.05, 4.69) is 0 Å². The van der Waals surface area contributed by atoms with Gasteiger partial charge in [-0.2, -0.15) is 17.8 Å². The Bertz CT molecular complexity index is 515. The fraction of sp³-hybridized carbons (Fsp3) is 0.400. The molecule has 0 amide bonds. The fourth-order valence-corrected chi connectivity index (χ4v) is 3.64. The van der Waals surface area contributed by atoms with Crippen LogP contribution in [0.4, 0.5) is 0 Å². The minimum absolute atomic E-state index is 0.0589. The smallest absolute Gasteiger partial charge is 0.198 e. The third-order valence-corrected chi connectivity index (χ3v) is 4.38. The Morgan fingerprint density at radius 2 is 1.89 bits per heavy atom. The van der Waals surface area contributed by atoms with Gasteiger partial charge in [-0.3, -0.25) is 0 Å². The van der Waals surface area contributed by atoms with Crippen molar-refractivity contribution in [2.45, 2.75) is 9.83 Å². The molecule has 0 radical (unpaired) electrons. The van der Waals surface area contributed by atoms with Gasteiger partial charge in [0.25, 0.3) is 10.1 Å². The maximum atomic E-state index is 11.6. The van der Waals surface area contributed by atoms with Gasteiger partial charge in [0, 0.05) is 6.54 Å². The van der Waals surface area contributed by atoms with Gasteiger partial charge >= 0.3 is 0 Å². The third-order valence-electron chi connectivity index (χ3n) is 2.30. The van der Waals surface area contributed by atoms with Crippen LogP contribution in [0.3, 0.4) is 0 Å². The average Bonchev–Trinajstić information content (AvgIpc) is 2.93. The number of benzene rings is 1. The molecule has 2 rings (SSSR count). The zero-order valence-electron chi connectivity index (χ0n) is 9.09. The number of rotatable bonds is 4. The van der Waals surface area contributed by atoms with Crippen LogP contribution in [0, 0.1) is 0 Å². The zero-order valence-corrected chi connectivity index (χ0v) is 12.2. The molecule has 2 unspecified atom stereocenters. The third kappa shape index (κ3) is 4.26. The van der Waals surface area contributed by atoms with Gasteiger partial charge in [-0.05, 0) is 5.56 Å². The minimum Gasteiger partial charge on any atom is -0.198 e. The Hall–Kier alpha value is -0.0400. The predicted octanol–water partition coefficient (Wildman–Crippen LogP) is 2.67. The van der Waals surface area contributed by atoms with Crippen LogP contribution in [0.2, 0.25) is 0 Å². The molecule has 0 aliphatic carbocycles. The molecule has 0 saturated carbocycles. The summed E-state index contributed by atoms with van der Waals surface area (Å²) in [5.74, 6) is -0.678. The molecule has 8 heteroatoms. The van der Waals surface area contributed by atoms with Crippen LogP contribution in [0.1, 0.15) is 11.6 Å². The second-order valence-corrected chi connectivity index (χ2v) is 7.99. The molecule has 2 atom stereocenters. The molecule has 18 heavy (non-hydrogen) atoms. The van der Waals surface area contributed by atoms with E-state index in [1.165, 1.54) is 5.06 Å². The van der Waals surface area contributed by atoms with Crippen molar-refractivity contribution in [3.63, 3.8) is 0 Å². The van der Waals surface area contributed by atoms with Crippen molar-refractivity contribution in [1.82, 2.24) is 5.06 Å². The summed E-state index contributed by atoms with van der Waals surface area (Å²) in [5, 5.41) is 1.33. The summed E-state index contributed by atoms with van der Waals surface area (Å²) in [6.45, 7) is 0.503. The number of halogens is 3. The first-order chi connectivity index (χ1) is 8.27. The van der Waals surface area contributed by atoms with Crippen LogP contribution in [0.5, 0.6) is 0 Å². The maximum absolute atomic E-state index is 11.6. The number of hydrogen-bond donors (Lipinski definition) is 0. The van der Waals surface area contributed by atoms with Gasteiger partial charge in [0.2, 0.25) is 3.79 Å². The second-order valence-electron chi connectivity index (χ2n) is 3.92. The van der Waals surface area contributed by atoms with Crippen molar-refractivity contribution in [2.24, 2.45) is 0 Å². The van der Waals surface area contributed by atoms with Gasteiger partial charge in [-0.1, -0.05) is 65.1 Å². The maximum Gasteiger partial charge on any atom is 0.287 e. The van der Waals surface area contributed by atoms with Crippen LogP contribution < -0.4 is 0 Å². The van der Waals surface area contributed by atoms with Crippen molar-refractivity contribution in [2.75, 3.05) is 12.3 Å². The molecule has 0 aromatic heterocycles. The van der Waals surface area contributed by atoms with Crippen LogP contribution >= 0.6 is 34.8 Å². The summed E-state index contributed by atoms with van der Waals surface area (Å²) in [5.41, 5.74) is 0.988. The molecule has 1 heterocycles. The Morgan fingerprint density at radius 3 is 2.44 bits per heavy atom. The molecule has 4 nitrogen and oxygen atoms in total. The monoisotopic (exact) mass is 329 g/mol. The second kappa shape index (κ2) is 5.15. The fourth-order valence-electron chi connectivity index (χ4n) is 1.53. The van der Waals surface area contributed by atoms with E-state index in [1.807, 2.05) is 30.3 Å². The summed E-state index contributed by atoms with van der Waals surface area (Å²) >= 11 is 16.3. The lowest BCUT2D eigenvalue weighted by molar-refractivity contribution is 0.0618. The summed E-state index contributed by atoms with van der Waals surface area (Å²) in [6, 6.07) is 9.38. The molecule has 0 spiro atoms. The van der Waals surface area contributed by atoms with Gasteiger partial charge in [0.05, 0.1) is 6.04 Å². The molecule has 1 aromatic rings. The normalized spacial score (nSPS) is 23.9. The molecule has 100 valence electrons. The molecule has 0 bridgehead atoms. The number of hydroxylamine groups is 2. The van der Waals surface area contributed by atoms with E-state index < -0.39 is 19.7 Å². The summed E-state index contributed by atoms with van der Waals surface area (Å²) in [6.07, 6.45) is 0. The van der Waals surface area contributed by atoms with Gasteiger partial charge in [-0.25, -0.2) is 0 Å². The number of nitrogens with zero attached hydrogens (tertiary/aromatic N) is 1. The molecular formula is C10H10Cl3NO3S. The number of alkyl halides is 3. The van der Waals surface area contributed by atoms with Crippen molar-refractivity contribution in [3.8, 4) is 0 Å². The summed E-state index contributed by atoms with van der Waals surface area (Å²) in [7, 11) is -3.89. The molecule has 0 N–H and O–H groups in total. The van der Waals surface area contributed by atoms with E-state index >= 15 is 0 Å². The van der Waals surface area contributed by atoms with Crippen molar-refractivity contribution in [3.05, 3.63) is 35.9 Å². The highest BCUT2D eigenvalue weighted by Crippen LogP contribution is 2.37. The number of hydrogen-bond acceptors (Lipinski definition) is 4. The molecule has 1 aliphatic heterocycles. The summed E-state index contributed by atoms with van der Waals surface area (Å²) in [4.78, 5) is 0. The van der Waals surface area contributed by atoms with E-state index in [0.29, 0.717) is 6.54 Å².